The van der Waals surface area contributed by atoms with E-state index in [-0.39, 0.29) is 0 Å². The van der Waals surface area contributed by atoms with Crippen LogP contribution in [-0.2, 0) is 12.8 Å². The van der Waals surface area contributed by atoms with Crippen LogP contribution in [0.2, 0.25) is 5.02 Å². The van der Waals surface area contributed by atoms with E-state index in [1.54, 1.807) is 0 Å². The minimum absolute atomic E-state index is 0.454. The van der Waals surface area contributed by atoms with Crippen LogP contribution in [0.5, 0.6) is 5.75 Å². The highest BCUT2D eigenvalue weighted by atomic mass is 35.5. The monoisotopic (exact) mass is 253 g/mol. The Labute approximate surface area is 108 Å². The topological polar surface area (TPSA) is 32.3 Å². The lowest BCUT2D eigenvalue weighted by molar-refractivity contribution is 0.366. The summed E-state index contributed by atoms with van der Waals surface area (Å²) in [4.78, 5) is 0. The Balaban J connectivity index is 2.16. The lowest BCUT2D eigenvalue weighted by Crippen LogP contribution is -2.28. The predicted molar refractivity (Wildman–Crippen MR) is 71.8 cm³/mol. The van der Waals surface area contributed by atoms with Gasteiger partial charge in [-0.2, -0.15) is 0 Å². The van der Waals surface area contributed by atoms with Crippen LogP contribution in [0.3, 0.4) is 0 Å². The molecule has 94 valence electrons. The van der Waals surface area contributed by atoms with Crippen LogP contribution in [-0.4, -0.2) is 18.2 Å². The van der Waals surface area contributed by atoms with Gasteiger partial charge in [0.25, 0.3) is 0 Å². The maximum atomic E-state index is 10.2. The molecule has 3 heteroatoms. The molecule has 0 atom stereocenters. The fourth-order valence-corrected chi connectivity index (χ4v) is 2.80. The zero-order valence-corrected chi connectivity index (χ0v) is 11.1. The van der Waals surface area contributed by atoms with Crippen molar-refractivity contribution in [1.29, 1.82) is 0 Å². The van der Waals surface area contributed by atoms with Gasteiger partial charge in [-0.3, -0.25) is 0 Å². The molecule has 17 heavy (non-hydrogen) atoms. The second kappa shape index (κ2) is 5.74. The van der Waals surface area contributed by atoms with E-state index < -0.39 is 0 Å². The van der Waals surface area contributed by atoms with Crippen molar-refractivity contribution in [2.75, 3.05) is 13.1 Å². The zero-order chi connectivity index (χ0) is 12.3. The van der Waals surface area contributed by atoms with E-state index in [1.165, 1.54) is 12.8 Å². The van der Waals surface area contributed by atoms with Crippen molar-refractivity contribution >= 4 is 11.6 Å². The molecule has 2 rings (SSSR count). The number of aromatic hydroxyl groups is 1. The number of phenolic OH excluding ortho intramolecular Hbond substituents is 1. The first-order chi connectivity index (χ1) is 8.20. The lowest BCUT2D eigenvalue weighted by atomic mass is 9.89. The fraction of sp³-hybridized carbons (Fsp3) is 0.571. The molecule has 0 bridgehead atoms. The van der Waals surface area contributed by atoms with Gasteiger partial charge in [-0.15, -0.1) is 0 Å². The second-order valence-corrected chi connectivity index (χ2v) is 5.26. The van der Waals surface area contributed by atoms with Crippen LogP contribution >= 0.6 is 11.6 Å². The van der Waals surface area contributed by atoms with Crippen molar-refractivity contribution < 1.29 is 5.11 Å². The normalized spacial score (nSPS) is 17.3. The minimum Gasteiger partial charge on any atom is -0.507 e. The molecule has 1 fully saturated rings. The van der Waals surface area contributed by atoms with Crippen LogP contribution in [0.15, 0.2) is 12.1 Å². The molecule has 0 aromatic heterocycles. The van der Waals surface area contributed by atoms with Gasteiger partial charge in [0.05, 0.1) is 0 Å². The molecule has 1 saturated heterocycles. The lowest BCUT2D eigenvalue weighted by Gasteiger charge is -2.23. The number of hydrogen-bond donors (Lipinski definition) is 2. The SMILES string of the molecule is CCc1cc(Cl)cc(CC2CCNCC2)c1O. The number of halogens is 1. The number of benzene rings is 1. The highest BCUT2D eigenvalue weighted by Crippen LogP contribution is 2.31. The third-order valence-electron chi connectivity index (χ3n) is 3.58. The maximum absolute atomic E-state index is 10.2. The van der Waals surface area contributed by atoms with Gasteiger partial charge in [-0.05, 0) is 68.0 Å². The summed E-state index contributed by atoms with van der Waals surface area (Å²) in [5, 5.41) is 14.3. The van der Waals surface area contributed by atoms with Crippen LogP contribution in [0.25, 0.3) is 0 Å². The molecule has 1 aromatic carbocycles. The summed E-state index contributed by atoms with van der Waals surface area (Å²) in [6.07, 6.45) is 4.15. The summed E-state index contributed by atoms with van der Waals surface area (Å²) >= 11 is 6.09. The van der Waals surface area contributed by atoms with E-state index in [0.29, 0.717) is 11.7 Å². The highest BCUT2D eigenvalue weighted by molar-refractivity contribution is 6.30. The first-order valence-corrected chi connectivity index (χ1v) is 6.79. The molecule has 0 saturated carbocycles. The van der Waals surface area contributed by atoms with Gasteiger partial charge in [0.1, 0.15) is 5.75 Å². The van der Waals surface area contributed by atoms with Crippen molar-refractivity contribution in [3.8, 4) is 5.75 Å². The van der Waals surface area contributed by atoms with Gasteiger partial charge in [-0.1, -0.05) is 18.5 Å². The molecular weight excluding hydrogens is 234 g/mol. The van der Waals surface area contributed by atoms with Gasteiger partial charge >= 0.3 is 0 Å². The van der Waals surface area contributed by atoms with Crippen LogP contribution in [0, 0.1) is 5.92 Å². The van der Waals surface area contributed by atoms with E-state index >= 15 is 0 Å². The highest BCUT2D eigenvalue weighted by Gasteiger charge is 2.17. The first kappa shape index (κ1) is 12.7. The molecular formula is C14H20ClNO. The van der Waals surface area contributed by atoms with Gasteiger partial charge in [0.2, 0.25) is 0 Å². The predicted octanol–water partition coefficient (Wildman–Crippen LogP) is 3.15. The Morgan fingerprint density at radius 2 is 1.94 bits per heavy atom. The second-order valence-electron chi connectivity index (χ2n) is 4.82. The third-order valence-corrected chi connectivity index (χ3v) is 3.80. The van der Waals surface area contributed by atoms with Gasteiger partial charge < -0.3 is 10.4 Å². The van der Waals surface area contributed by atoms with Crippen LogP contribution in [0.4, 0.5) is 0 Å². The van der Waals surface area contributed by atoms with Crippen molar-refractivity contribution in [1.82, 2.24) is 5.32 Å². The Hall–Kier alpha value is -0.730. The van der Waals surface area contributed by atoms with Crippen molar-refractivity contribution in [2.45, 2.75) is 32.6 Å². The Morgan fingerprint density at radius 1 is 1.29 bits per heavy atom. The Morgan fingerprint density at radius 3 is 2.59 bits per heavy atom. The Kier molecular flexibility index (Phi) is 4.30. The smallest absolute Gasteiger partial charge is 0.122 e. The molecule has 0 spiro atoms. The number of hydrogen-bond acceptors (Lipinski definition) is 2. The first-order valence-electron chi connectivity index (χ1n) is 6.41. The summed E-state index contributed by atoms with van der Waals surface area (Å²) < 4.78 is 0. The number of aryl methyl sites for hydroxylation is 1. The molecule has 2 N–H and O–H groups in total. The van der Waals surface area contributed by atoms with Gasteiger partial charge in [0, 0.05) is 5.02 Å². The summed E-state index contributed by atoms with van der Waals surface area (Å²) in [6.45, 7) is 4.22. The molecule has 1 heterocycles. The number of nitrogens with one attached hydrogen (secondary N) is 1. The summed E-state index contributed by atoms with van der Waals surface area (Å²) in [7, 11) is 0. The molecule has 0 unspecified atom stereocenters. The zero-order valence-electron chi connectivity index (χ0n) is 10.3. The van der Waals surface area contributed by atoms with Gasteiger partial charge in [-0.25, -0.2) is 0 Å². The number of phenols is 1. The van der Waals surface area contributed by atoms with E-state index in [1.807, 2.05) is 19.1 Å². The average molecular weight is 254 g/mol. The maximum Gasteiger partial charge on any atom is 0.122 e. The van der Waals surface area contributed by atoms with E-state index in [4.69, 9.17) is 11.6 Å². The summed E-state index contributed by atoms with van der Waals surface area (Å²) in [6, 6.07) is 3.78. The van der Waals surface area contributed by atoms with E-state index in [9.17, 15) is 5.11 Å². The number of rotatable bonds is 3. The number of piperidine rings is 1. The van der Waals surface area contributed by atoms with Crippen molar-refractivity contribution in [3.05, 3.63) is 28.3 Å². The standard InChI is InChI=1S/C14H20ClNO/c1-2-11-8-13(15)9-12(14(11)17)7-10-3-5-16-6-4-10/h8-10,16-17H,2-7H2,1H3. The van der Waals surface area contributed by atoms with Crippen LogP contribution < -0.4 is 5.32 Å². The van der Waals surface area contributed by atoms with E-state index in [0.717, 1.165) is 42.1 Å². The quantitative estimate of drug-likeness (QED) is 0.867. The average Bonchev–Trinajstić information content (AvgIpc) is 2.34. The summed E-state index contributed by atoms with van der Waals surface area (Å²) in [5.74, 6) is 1.13. The molecule has 0 amide bonds. The largest absolute Gasteiger partial charge is 0.507 e. The molecule has 0 radical (unpaired) electrons. The third kappa shape index (κ3) is 3.14. The van der Waals surface area contributed by atoms with Crippen molar-refractivity contribution in [2.24, 2.45) is 5.92 Å². The Bertz CT molecular complexity index is 386. The van der Waals surface area contributed by atoms with Crippen LogP contribution in [0.1, 0.15) is 30.9 Å². The molecule has 0 aliphatic carbocycles. The molecule has 1 aliphatic rings. The van der Waals surface area contributed by atoms with Gasteiger partial charge in [0.15, 0.2) is 0 Å². The minimum atomic E-state index is 0.454. The molecule has 2 nitrogen and oxygen atoms in total. The molecule has 1 aliphatic heterocycles. The fourth-order valence-electron chi connectivity index (χ4n) is 2.54. The molecule has 1 aromatic rings. The summed E-state index contributed by atoms with van der Waals surface area (Å²) in [5.41, 5.74) is 1.97. The van der Waals surface area contributed by atoms with E-state index in [2.05, 4.69) is 5.32 Å². The van der Waals surface area contributed by atoms with Crippen molar-refractivity contribution in [3.63, 3.8) is 0 Å².